The molecule has 1 aliphatic heterocycles. The smallest absolute Gasteiger partial charge is 0.236 e. The minimum absolute atomic E-state index is 0.222. The van der Waals surface area contributed by atoms with Gasteiger partial charge in [-0.05, 0) is 24.1 Å². The molecule has 5 nitrogen and oxygen atoms in total. The van der Waals surface area contributed by atoms with Gasteiger partial charge in [0.1, 0.15) is 11.8 Å². The number of amides is 1. The van der Waals surface area contributed by atoms with E-state index in [2.05, 4.69) is 17.1 Å². The average Bonchev–Trinajstić information content (AvgIpc) is 2.47. The second-order valence-corrected chi connectivity index (χ2v) is 5.09. The van der Waals surface area contributed by atoms with Crippen molar-refractivity contribution in [3.05, 3.63) is 29.8 Å². The van der Waals surface area contributed by atoms with Crippen LogP contribution < -0.4 is 15.8 Å². The highest BCUT2D eigenvalue weighted by molar-refractivity contribution is 5.80. The normalized spacial score (nSPS) is 19.8. The van der Waals surface area contributed by atoms with Gasteiger partial charge in [-0.2, -0.15) is 0 Å². The maximum absolute atomic E-state index is 11.4. The van der Waals surface area contributed by atoms with Gasteiger partial charge in [-0.15, -0.1) is 0 Å². The first-order valence-electron chi connectivity index (χ1n) is 7.16. The summed E-state index contributed by atoms with van der Waals surface area (Å²) in [4.78, 5) is 13.6. The van der Waals surface area contributed by atoms with Gasteiger partial charge in [0.25, 0.3) is 0 Å². The van der Waals surface area contributed by atoms with Crippen molar-refractivity contribution in [1.29, 1.82) is 0 Å². The molecular formula is C15H23N3O2. The van der Waals surface area contributed by atoms with E-state index in [1.165, 1.54) is 5.56 Å². The van der Waals surface area contributed by atoms with E-state index in [1.807, 2.05) is 24.3 Å². The number of nitrogens with one attached hydrogen (secondary N) is 1. The third kappa shape index (κ3) is 3.95. The molecule has 0 saturated carbocycles. The second kappa shape index (κ2) is 7.26. The van der Waals surface area contributed by atoms with Crippen LogP contribution in [0.2, 0.25) is 0 Å². The number of rotatable bonds is 6. The molecule has 0 aliphatic carbocycles. The predicted molar refractivity (Wildman–Crippen MR) is 78.5 cm³/mol. The van der Waals surface area contributed by atoms with Crippen LogP contribution in [0.1, 0.15) is 18.9 Å². The Morgan fingerprint density at radius 2 is 2.20 bits per heavy atom. The summed E-state index contributed by atoms with van der Waals surface area (Å²) in [6, 6.07) is 7.83. The number of piperazine rings is 1. The number of primary amides is 1. The molecule has 2 rings (SSSR count). The van der Waals surface area contributed by atoms with Gasteiger partial charge >= 0.3 is 0 Å². The minimum Gasteiger partial charge on any atom is -0.494 e. The average molecular weight is 277 g/mol. The lowest BCUT2D eigenvalue weighted by Crippen LogP contribution is -2.56. The summed E-state index contributed by atoms with van der Waals surface area (Å²) in [7, 11) is 0. The van der Waals surface area contributed by atoms with Crippen molar-refractivity contribution >= 4 is 5.91 Å². The van der Waals surface area contributed by atoms with Crippen LogP contribution in [0.4, 0.5) is 0 Å². The van der Waals surface area contributed by atoms with E-state index in [9.17, 15) is 4.79 Å². The molecule has 1 saturated heterocycles. The van der Waals surface area contributed by atoms with Gasteiger partial charge in [-0.25, -0.2) is 0 Å². The van der Waals surface area contributed by atoms with Crippen LogP contribution in [-0.2, 0) is 11.3 Å². The van der Waals surface area contributed by atoms with Gasteiger partial charge in [0, 0.05) is 26.2 Å². The van der Waals surface area contributed by atoms with Gasteiger partial charge in [-0.1, -0.05) is 19.1 Å². The standard InChI is InChI=1S/C15H23N3O2/c1-2-9-20-13-5-3-12(4-6-13)11-18-8-7-17-10-14(18)15(16)19/h3-6,14,17H,2,7-11H2,1H3,(H2,16,19). The first kappa shape index (κ1) is 14.8. The Bertz CT molecular complexity index is 433. The molecule has 5 heteroatoms. The van der Waals surface area contributed by atoms with Crippen LogP contribution in [0, 0.1) is 0 Å². The molecule has 1 aliphatic rings. The quantitative estimate of drug-likeness (QED) is 0.804. The Morgan fingerprint density at radius 1 is 1.45 bits per heavy atom. The molecule has 0 radical (unpaired) electrons. The van der Waals surface area contributed by atoms with E-state index in [1.54, 1.807) is 0 Å². The van der Waals surface area contributed by atoms with Crippen LogP contribution >= 0.6 is 0 Å². The van der Waals surface area contributed by atoms with Crippen LogP contribution in [0.25, 0.3) is 0 Å². The molecule has 1 aromatic rings. The fourth-order valence-corrected chi connectivity index (χ4v) is 2.36. The van der Waals surface area contributed by atoms with E-state index in [0.717, 1.165) is 38.4 Å². The number of hydrogen-bond acceptors (Lipinski definition) is 4. The molecule has 1 heterocycles. The van der Waals surface area contributed by atoms with Crippen LogP contribution in [-0.4, -0.2) is 43.1 Å². The largest absolute Gasteiger partial charge is 0.494 e. The number of benzene rings is 1. The molecule has 1 atom stereocenters. The first-order valence-corrected chi connectivity index (χ1v) is 7.16. The Balaban J connectivity index is 1.96. The predicted octanol–water partition coefficient (Wildman–Crippen LogP) is 0.735. The molecule has 1 fully saturated rings. The molecule has 0 aromatic heterocycles. The monoisotopic (exact) mass is 277 g/mol. The van der Waals surface area contributed by atoms with E-state index >= 15 is 0 Å². The lowest BCUT2D eigenvalue weighted by atomic mass is 10.1. The lowest BCUT2D eigenvalue weighted by molar-refractivity contribution is -0.124. The number of ether oxygens (including phenoxy) is 1. The molecule has 1 aromatic carbocycles. The maximum Gasteiger partial charge on any atom is 0.236 e. The number of carbonyl (C=O) groups excluding carboxylic acids is 1. The first-order chi connectivity index (χ1) is 9.70. The molecule has 3 N–H and O–H groups in total. The van der Waals surface area contributed by atoms with Crippen molar-refractivity contribution < 1.29 is 9.53 Å². The van der Waals surface area contributed by atoms with E-state index in [0.29, 0.717) is 6.54 Å². The Kier molecular flexibility index (Phi) is 5.38. The molecule has 0 bridgehead atoms. The third-order valence-electron chi connectivity index (χ3n) is 3.46. The summed E-state index contributed by atoms with van der Waals surface area (Å²) in [5.74, 6) is 0.627. The van der Waals surface area contributed by atoms with E-state index in [-0.39, 0.29) is 11.9 Å². The summed E-state index contributed by atoms with van der Waals surface area (Å²) in [6.45, 7) is 5.92. The summed E-state index contributed by atoms with van der Waals surface area (Å²) >= 11 is 0. The van der Waals surface area contributed by atoms with E-state index < -0.39 is 0 Å². The highest BCUT2D eigenvalue weighted by atomic mass is 16.5. The molecule has 0 spiro atoms. The molecule has 1 unspecified atom stereocenters. The Morgan fingerprint density at radius 3 is 2.85 bits per heavy atom. The Labute approximate surface area is 120 Å². The zero-order chi connectivity index (χ0) is 14.4. The zero-order valence-electron chi connectivity index (χ0n) is 12.0. The Hall–Kier alpha value is -1.59. The number of carbonyl (C=O) groups is 1. The van der Waals surface area contributed by atoms with Crippen molar-refractivity contribution in [2.45, 2.75) is 25.9 Å². The molecule has 110 valence electrons. The number of nitrogens with two attached hydrogens (primary N) is 1. The number of nitrogens with zero attached hydrogens (tertiary/aromatic N) is 1. The highest BCUT2D eigenvalue weighted by Crippen LogP contribution is 2.15. The van der Waals surface area contributed by atoms with Gasteiger partial charge in [0.15, 0.2) is 0 Å². The van der Waals surface area contributed by atoms with Crippen LogP contribution in [0.3, 0.4) is 0 Å². The summed E-state index contributed by atoms with van der Waals surface area (Å²) in [5, 5.41) is 3.20. The summed E-state index contributed by atoms with van der Waals surface area (Å²) in [6.07, 6.45) is 1.00. The maximum atomic E-state index is 11.4. The van der Waals surface area contributed by atoms with E-state index in [4.69, 9.17) is 10.5 Å². The number of hydrogen-bond donors (Lipinski definition) is 2. The van der Waals surface area contributed by atoms with Crippen molar-refractivity contribution in [3.63, 3.8) is 0 Å². The molecular weight excluding hydrogens is 254 g/mol. The van der Waals surface area contributed by atoms with Crippen molar-refractivity contribution in [3.8, 4) is 5.75 Å². The molecule has 20 heavy (non-hydrogen) atoms. The summed E-state index contributed by atoms with van der Waals surface area (Å²) < 4.78 is 5.56. The van der Waals surface area contributed by atoms with Crippen molar-refractivity contribution in [1.82, 2.24) is 10.2 Å². The molecule has 1 amide bonds. The second-order valence-electron chi connectivity index (χ2n) is 5.09. The van der Waals surface area contributed by atoms with Gasteiger partial charge in [0.2, 0.25) is 5.91 Å². The fraction of sp³-hybridized carbons (Fsp3) is 0.533. The minimum atomic E-state index is -0.264. The fourth-order valence-electron chi connectivity index (χ4n) is 2.36. The van der Waals surface area contributed by atoms with Crippen LogP contribution in [0.5, 0.6) is 5.75 Å². The highest BCUT2D eigenvalue weighted by Gasteiger charge is 2.26. The van der Waals surface area contributed by atoms with Gasteiger partial charge < -0.3 is 15.8 Å². The van der Waals surface area contributed by atoms with Gasteiger partial charge in [0.05, 0.1) is 6.61 Å². The summed E-state index contributed by atoms with van der Waals surface area (Å²) in [5.41, 5.74) is 6.62. The van der Waals surface area contributed by atoms with Gasteiger partial charge in [-0.3, -0.25) is 9.69 Å². The van der Waals surface area contributed by atoms with Crippen LogP contribution in [0.15, 0.2) is 24.3 Å². The SMILES string of the molecule is CCCOc1ccc(CN2CCNCC2C(N)=O)cc1. The lowest BCUT2D eigenvalue weighted by Gasteiger charge is -2.34. The zero-order valence-corrected chi connectivity index (χ0v) is 12.0. The third-order valence-corrected chi connectivity index (χ3v) is 3.46. The topological polar surface area (TPSA) is 67.6 Å². The van der Waals surface area contributed by atoms with Crippen molar-refractivity contribution in [2.24, 2.45) is 5.73 Å². The van der Waals surface area contributed by atoms with Crippen molar-refractivity contribution in [2.75, 3.05) is 26.2 Å².